The molecule has 1 N–H and O–H groups in total. The molecule has 0 radical (unpaired) electrons. The number of hydrogen-bond donors (Lipinski definition) is 1. The van der Waals surface area contributed by atoms with Gasteiger partial charge < -0.3 is 9.88 Å². The lowest BCUT2D eigenvalue weighted by molar-refractivity contribution is 0.0938. The van der Waals surface area contributed by atoms with E-state index in [0.717, 1.165) is 42.3 Å². The Morgan fingerprint density at radius 1 is 1.15 bits per heavy atom. The molecule has 1 aromatic carbocycles. The third-order valence-corrected chi connectivity index (χ3v) is 7.69. The Labute approximate surface area is 231 Å². The molecule has 5 aromatic rings. The number of hydrogen-bond acceptors (Lipinski definition) is 5. The van der Waals surface area contributed by atoms with Crippen molar-refractivity contribution in [2.45, 2.75) is 58.0 Å². The number of carbonyl (C=O) groups excluding carboxylic acids is 1. The number of fused-ring (bicyclic) bond motifs is 2. The molecular weight excluding hydrogens is 502 g/mol. The molecule has 9 heteroatoms. The predicted molar refractivity (Wildman–Crippen MR) is 153 cm³/mol. The molecule has 1 saturated carbocycles. The SMILES string of the molecule is Cc1nn2cccnc2c1C(=O)N[C@H](C)c1cc2cccc(C#Cc3cnn(C)c3)c2c(=O)n1C1CCCCC1. The highest BCUT2D eigenvalue weighted by atomic mass is 16.2. The van der Waals surface area contributed by atoms with E-state index < -0.39 is 6.04 Å². The van der Waals surface area contributed by atoms with E-state index in [0.29, 0.717) is 27.9 Å². The summed E-state index contributed by atoms with van der Waals surface area (Å²) in [6.07, 6.45) is 12.2. The highest BCUT2D eigenvalue weighted by molar-refractivity contribution is 6.01. The molecule has 6 rings (SSSR count). The van der Waals surface area contributed by atoms with Crippen LogP contribution in [0.15, 0.2) is 59.9 Å². The van der Waals surface area contributed by atoms with Crippen molar-refractivity contribution in [1.29, 1.82) is 0 Å². The van der Waals surface area contributed by atoms with Gasteiger partial charge in [-0.2, -0.15) is 10.2 Å². The van der Waals surface area contributed by atoms with Crippen LogP contribution < -0.4 is 10.9 Å². The summed E-state index contributed by atoms with van der Waals surface area (Å²) < 4.78 is 5.23. The molecule has 1 aliphatic carbocycles. The van der Waals surface area contributed by atoms with Crippen LogP contribution in [0.1, 0.15) is 84.0 Å². The van der Waals surface area contributed by atoms with Gasteiger partial charge in [-0.3, -0.25) is 14.3 Å². The molecule has 0 spiro atoms. The first kappa shape index (κ1) is 25.6. The Balaban J connectivity index is 1.44. The van der Waals surface area contributed by atoms with Crippen molar-refractivity contribution in [3.05, 3.63) is 93.6 Å². The smallest absolute Gasteiger partial charge is 0.260 e. The van der Waals surface area contributed by atoms with Gasteiger partial charge in [-0.15, -0.1) is 0 Å². The predicted octanol–water partition coefficient (Wildman–Crippen LogP) is 4.48. The number of carbonyl (C=O) groups is 1. The first-order chi connectivity index (χ1) is 19.4. The minimum atomic E-state index is -0.422. The zero-order chi connectivity index (χ0) is 27.8. The van der Waals surface area contributed by atoms with Crippen LogP contribution in [-0.2, 0) is 7.05 Å². The molecule has 9 nitrogen and oxygen atoms in total. The molecule has 0 aliphatic heterocycles. The van der Waals surface area contributed by atoms with E-state index in [-0.39, 0.29) is 17.5 Å². The van der Waals surface area contributed by atoms with Crippen molar-refractivity contribution < 1.29 is 4.79 Å². The van der Waals surface area contributed by atoms with Crippen LogP contribution in [0.25, 0.3) is 16.4 Å². The molecule has 1 fully saturated rings. The van der Waals surface area contributed by atoms with Crippen LogP contribution >= 0.6 is 0 Å². The monoisotopic (exact) mass is 533 g/mol. The molecule has 0 bridgehead atoms. The number of benzene rings is 1. The number of nitrogens with zero attached hydrogens (tertiary/aromatic N) is 6. The van der Waals surface area contributed by atoms with E-state index in [1.807, 2.05) is 49.0 Å². The summed E-state index contributed by atoms with van der Waals surface area (Å²) in [4.78, 5) is 32.2. The number of aromatic nitrogens is 6. The summed E-state index contributed by atoms with van der Waals surface area (Å²) in [5.41, 5.74) is 3.74. The lowest BCUT2D eigenvalue weighted by Crippen LogP contribution is -2.35. The maximum atomic E-state index is 14.3. The summed E-state index contributed by atoms with van der Waals surface area (Å²) in [6.45, 7) is 3.73. The van der Waals surface area contributed by atoms with Gasteiger partial charge in [0, 0.05) is 42.9 Å². The molecular formula is C31H31N7O2. The molecule has 1 amide bonds. The first-order valence-electron chi connectivity index (χ1n) is 13.7. The number of amides is 1. The first-order valence-corrected chi connectivity index (χ1v) is 13.7. The highest BCUT2D eigenvalue weighted by Gasteiger charge is 2.26. The van der Waals surface area contributed by atoms with Crippen molar-refractivity contribution >= 4 is 22.3 Å². The van der Waals surface area contributed by atoms with Crippen LogP contribution in [0.3, 0.4) is 0 Å². The summed E-state index contributed by atoms with van der Waals surface area (Å²) >= 11 is 0. The van der Waals surface area contributed by atoms with E-state index in [4.69, 9.17) is 0 Å². The lowest BCUT2D eigenvalue weighted by atomic mass is 9.93. The summed E-state index contributed by atoms with van der Waals surface area (Å²) in [7, 11) is 1.85. The number of pyridine rings is 1. The third kappa shape index (κ3) is 4.66. The fraction of sp³-hybridized carbons (Fsp3) is 0.323. The zero-order valence-corrected chi connectivity index (χ0v) is 22.9. The quantitative estimate of drug-likeness (QED) is 0.344. The van der Waals surface area contributed by atoms with E-state index in [1.54, 1.807) is 40.8 Å². The van der Waals surface area contributed by atoms with Gasteiger partial charge in [0.2, 0.25) is 0 Å². The average molecular weight is 534 g/mol. The molecule has 202 valence electrons. The van der Waals surface area contributed by atoms with Crippen molar-refractivity contribution in [2.75, 3.05) is 0 Å². The Bertz CT molecular complexity index is 1860. The number of nitrogens with one attached hydrogen (secondary N) is 1. The largest absolute Gasteiger partial charge is 0.344 e. The maximum absolute atomic E-state index is 14.3. The van der Waals surface area contributed by atoms with Crippen molar-refractivity contribution in [3.63, 3.8) is 0 Å². The van der Waals surface area contributed by atoms with Gasteiger partial charge in [-0.25, -0.2) is 9.50 Å². The normalized spacial score (nSPS) is 14.7. The molecule has 1 aliphatic rings. The molecule has 40 heavy (non-hydrogen) atoms. The van der Waals surface area contributed by atoms with Crippen molar-refractivity contribution in [3.8, 4) is 11.8 Å². The van der Waals surface area contributed by atoms with Gasteiger partial charge >= 0.3 is 0 Å². The molecule has 0 saturated heterocycles. The number of aryl methyl sites for hydroxylation is 2. The van der Waals surface area contributed by atoms with E-state index in [2.05, 4.69) is 32.3 Å². The average Bonchev–Trinajstić information content (AvgIpc) is 3.53. The van der Waals surface area contributed by atoms with Gasteiger partial charge in [0.05, 0.1) is 28.9 Å². The van der Waals surface area contributed by atoms with Crippen molar-refractivity contribution in [2.24, 2.45) is 7.05 Å². The highest BCUT2D eigenvalue weighted by Crippen LogP contribution is 2.31. The molecule has 4 heterocycles. The standard InChI is InChI=1S/C31H31N7O2/c1-20(34-30(39)27-21(2)35-37-16-8-15-32-29(27)37)26-17-24-10-7-9-23(14-13-22-18-33-36(3)19-22)28(24)31(40)38(26)25-11-5-4-6-12-25/h7-10,15-20,25H,4-6,11-12H2,1-3H3,(H,34,39)/t20-/m1/s1. The van der Waals surface area contributed by atoms with Crippen LogP contribution in [0.5, 0.6) is 0 Å². The van der Waals surface area contributed by atoms with Gasteiger partial charge in [0.25, 0.3) is 11.5 Å². The Morgan fingerprint density at radius 3 is 2.75 bits per heavy atom. The second-order valence-electron chi connectivity index (χ2n) is 10.5. The van der Waals surface area contributed by atoms with Crippen LogP contribution in [-0.4, -0.2) is 34.9 Å². The lowest BCUT2D eigenvalue weighted by Gasteiger charge is -2.29. The van der Waals surface area contributed by atoms with Gasteiger partial charge in [-0.05, 0) is 50.3 Å². The van der Waals surface area contributed by atoms with Crippen LogP contribution in [0.2, 0.25) is 0 Å². The summed E-state index contributed by atoms with van der Waals surface area (Å²) in [6, 6.07) is 9.21. The minimum absolute atomic E-state index is 0.0644. The molecule has 0 unspecified atom stereocenters. The van der Waals surface area contributed by atoms with Gasteiger partial charge in [0.15, 0.2) is 5.65 Å². The zero-order valence-electron chi connectivity index (χ0n) is 22.9. The van der Waals surface area contributed by atoms with Crippen molar-refractivity contribution in [1.82, 2.24) is 34.3 Å². The summed E-state index contributed by atoms with van der Waals surface area (Å²) in [5.74, 6) is 6.09. The Morgan fingerprint density at radius 2 is 1.98 bits per heavy atom. The number of rotatable bonds is 4. The fourth-order valence-electron chi connectivity index (χ4n) is 5.78. The second-order valence-corrected chi connectivity index (χ2v) is 10.5. The van der Waals surface area contributed by atoms with E-state index >= 15 is 0 Å². The molecule has 4 aromatic heterocycles. The topological polar surface area (TPSA) is 99.1 Å². The van der Waals surface area contributed by atoms with E-state index in [9.17, 15) is 9.59 Å². The van der Waals surface area contributed by atoms with Gasteiger partial charge in [0.1, 0.15) is 5.56 Å². The maximum Gasteiger partial charge on any atom is 0.260 e. The van der Waals surface area contributed by atoms with Crippen LogP contribution in [0, 0.1) is 18.8 Å². The van der Waals surface area contributed by atoms with E-state index in [1.165, 1.54) is 6.42 Å². The fourth-order valence-corrected chi connectivity index (χ4v) is 5.78. The minimum Gasteiger partial charge on any atom is -0.344 e. The summed E-state index contributed by atoms with van der Waals surface area (Å²) in [5, 5.41) is 13.2. The van der Waals surface area contributed by atoms with Crippen LogP contribution in [0.4, 0.5) is 0 Å². The Kier molecular flexibility index (Phi) is 6.68. The second kappa shape index (κ2) is 10.5. The van der Waals surface area contributed by atoms with Gasteiger partial charge in [-0.1, -0.05) is 43.2 Å². The third-order valence-electron chi connectivity index (χ3n) is 7.69. The Hall–Kier alpha value is -4.71. The molecule has 1 atom stereocenters.